The summed E-state index contributed by atoms with van der Waals surface area (Å²) in [5, 5.41) is 9.18. The molecule has 0 aromatic carbocycles. The number of amides is 1. The first-order valence-corrected chi connectivity index (χ1v) is 6.37. The maximum atomic E-state index is 11.5. The lowest BCUT2D eigenvalue weighted by atomic mass is 10.2. The lowest BCUT2D eigenvalue weighted by Crippen LogP contribution is -2.40. The van der Waals surface area contributed by atoms with E-state index < -0.39 is 0 Å². The van der Waals surface area contributed by atoms with Crippen molar-refractivity contribution in [2.45, 2.75) is 46.1 Å². The molecule has 0 rings (SSSR count). The molecular weight excluding hydrogens is 216 g/mol. The molecular formula is C12H26N4O. The van der Waals surface area contributed by atoms with Gasteiger partial charge in [-0.2, -0.15) is 0 Å². The van der Waals surface area contributed by atoms with Crippen LogP contribution in [0.1, 0.15) is 40.0 Å². The van der Waals surface area contributed by atoms with E-state index in [0.29, 0.717) is 13.0 Å². The summed E-state index contributed by atoms with van der Waals surface area (Å²) in [6.45, 7) is 7.65. The highest BCUT2D eigenvalue weighted by Gasteiger charge is 2.05. The molecule has 0 saturated heterocycles. The molecule has 0 spiro atoms. The number of hydrogen-bond donors (Lipinski definition) is 3. The number of nitrogens with zero attached hydrogens (tertiary/aromatic N) is 1. The van der Waals surface area contributed by atoms with E-state index in [1.54, 1.807) is 7.05 Å². The van der Waals surface area contributed by atoms with Crippen molar-refractivity contribution >= 4 is 11.9 Å². The molecule has 0 bridgehead atoms. The van der Waals surface area contributed by atoms with E-state index in [1.807, 2.05) is 6.92 Å². The molecule has 0 heterocycles. The molecule has 0 aliphatic carbocycles. The normalized spacial score (nSPS) is 13.1. The minimum atomic E-state index is 0.0813. The molecule has 0 aliphatic heterocycles. The Balaban J connectivity index is 3.70. The molecule has 5 nitrogen and oxygen atoms in total. The van der Waals surface area contributed by atoms with Crippen molar-refractivity contribution < 1.29 is 4.79 Å². The van der Waals surface area contributed by atoms with Gasteiger partial charge in [0.25, 0.3) is 0 Å². The first-order valence-electron chi connectivity index (χ1n) is 6.37. The molecule has 0 aromatic heterocycles. The summed E-state index contributed by atoms with van der Waals surface area (Å²) < 4.78 is 0. The number of carbonyl (C=O) groups is 1. The van der Waals surface area contributed by atoms with Crippen LogP contribution < -0.4 is 16.0 Å². The van der Waals surface area contributed by atoms with Crippen molar-refractivity contribution in [3.8, 4) is 0 Å². The van der Waals surface area contributed by atoms with Crippen molar-refractivity contribution in [1.82, 2.24) is 16.0 Å². The molecule has 5 heteroatoms. The first-order chi connectivity index (χ1) is 8.13. The number of hydrogen-bond acceptors (Lipinski definition) is 2. The Hall–Kier alpha value is -1.26. The highest BCUT2D eigenvalue weighted by molar-refractivity contribution is 5.81. The second-order valence-electron chi connectivity index (χ2n) is 4.05. The predicted molar refractivity (Wildman–Crippen MR) is 72.2 cm³/mol. The highest BCUT2D eigenvalue weighted by atomic mass is 16.1. The van der Waals surface area contributed by atoms with Crippen molar-refractivity contribution in [1.29, 1.82) is 0 Å². The predicted octanol–water partition coefficient (Wildman–Crippen LogP) is 0.866. The third-order valence-electron chi connectivity index (χ3n) is 2.43. The largest absolute Gasteiger partial charge is 0.356 e. The Labute approximate surface area is 104 Å². The fourth-order valence-corrected chi connectivity index (χ4v) is 1.21. The minimum absolute atomic E-state index is 0.0813. The summed E-state index contributed by atoms with van der Waals surface area (Å²) in [6.07, 6.45) is 2.48. The van der Waals surface area contributed by atoms with Gasteiger partial charge in [-0.15, -0.1) is 0 Å². The minimum Gasteiger partial charge on any atom is -0.356 e. The average Bonchev–Trinajstić information content (AvgIpc) is 2.33. The van der Waals surface area contributed by atoms with Crippen LogP contribution in [0.25, 0.3) is 0 Å². The van der Waals surface area contributed by atoms with Gasteiger partial charge in [0.15, 0.2) is 5.96 Å². The number of rotatable bonds is 7. The third-order valence-corrected chi connectivity index (χ3v) is 2.43. The topological polar surface area (TPSA) is 65.5 Å². The second-order valence-corrected chi connectivity index (χ2v) is 4.05. The van der Waals surface area contributed by atoms with Crippen LogP contribution in [0.2, 0.25) is 0 Å². The standard InChI is InChI=1S/C12H26N4O/c1-5-8-14-12(13-4)15-9-7-11(17)16-10(3)6-2/h10H,5-9H2,1-4H3,(H,16,17)(H2,13,14,15). The molecule has 3 N–H and O–H groups in total. The zero-order valence-electron chi connectivity index (χ0n) is 11.5. The molecule has 0 aliphatic rings. The Bertz CT molecular complexity index is 241. The van der Waals surface area contributed by atoms with Gasteiger partial charge in [0, 0.05) is 32.6 Å². The molecule has 100 valence electrons. The number of guanidine groups is 1. The van der Waals surface area contributed by atoms with E-state index in [2.05, 4.69) is 34.8 Å². The van der Waals surface area contributed by atoms with Crippen LogP contribution in [0, 0.1) is 0 Å². The molecule has 0 radical (unpaired) electrons. The average molecular weight is 242 g/mol. The third kappa shape index (κ3) is 8.54. The Morgan fingerprint density at radius 1 is 1.24 bits per heavy atom. The second kappa shape index (κ2) is 9.93. The zero-order valence-corrected chi connectivity index (χ0v) is 11.5. The SMILES string of the molecule is CCCNC(=NC)NCCC(=O)NC(C)CC. The van der Waals surface area contributed by atoms with Crippen molar-refractivity contribution in [3.63, 3.8) is 0 Å². The monoisotopic (exact) mass is 242 g/mol. The van der Waals surface area contributed by atoms with Crippen LogP contribution in [0.4, 0.5) is 0 Å². The van der Waals surface area contributed by atoms with Crippen molar-refractivity contribution in [2.75, 3.05) is 20.1 Å². The van der Waals surface area contributed by atoms with E-state index >= 15 is 0 Å². The summed E-state index contributed by atoms with van der Waals surface area (Å²) in [4.78, 5) is 15.5. The summed E-state index contributed by atoms with van der Waals surface area (Å²) in [5.74, 6) is 0.834. The molecule has 0 saturated carbocycles. The summed E-state index contributed by atoms with van der Waals surface area (Å²) >= 11 is 0. The fraction of sp³-hybridized carbons (Fsp3) is 0.833. The van der Waals surface area contributed by atoms with Gasteiger partial charge in [0.05, 0.1) is 0 Å². The zero-order chi connectivity index (χ0) is 13.1. The molecule has 0 fully saturated rings. The Morgan fingerprint density at radius 2 is 1.88 bits per heavy atom. The van der Waals surface area contributed by atoms with E-state index in [-0.39, 0.29) is 11.9 Å². The number of aliphatic imine (C=N–C) groups is 1. The van der Waals surface area contributed by atoms with E-state index in [4.69, 9.17) is 0 Å². The van der Waals surface area contributed by atoms with Gasteiger partial charge in [-0.25, -0.2) is 0 Å². The van der Waals surface area contributed by atoms with Crippen LogP contribution in [0.15, 0.2) is 4.99 Å². The van der Waals surface area contributed by atoms with E-state index in [9.17, 15) is 4.79 Å². The lowest BCUT2D eigenvalue weighted by Gasteiger charge is -2.13. The molecule has 1 unspecified atom stereocenters. The van der Waals surface area contributed by atoms with E-state index in [0.717, 1.165) is 25.3 Å². The maximum Gasteiger partial charge on any atom is 0.221 e. The quantitative estimate of drug-likeness (QED) is 0.458. The van der Waals surface area contributed by atoms with Crippen molar-refractivity contribution in [3.05, 3.63) is 0 Å². The summed E-state index contributed by atoms with van der Waals surface area (Å²) in [5.41, 5.74) is 0. The number of nitrogens with one attached hydrogen (secondary N) is 3. The molecule has 0 aromatic rings. The van der Waals surface area contributed by atoms with Gasteiger partial charge in [-0.1, -0.05) is 13.8 Å². The Kier molecular flexibility index (Phi) is 9.19. The van der Waals surface area contributed by atoms with Gasteiger partial charge in [0.1, 0.15) is 0 Å². The highest BCUT2D eigenvalue weighted by Crippen LogP contribution is 1.89. The van der Waals surface area contributed by atoms with Crippen LogP contribution >= 0.6 is 0 Å². The van der Waals surface area contributed by atoms with E-state index in [1.165, 1.54) is 0 Å². The maximum absolute atomic E-state index is 11.5. The van der Waals surface area contributed by atoms with Crippen LogP contribution in [-0.2, 0) is 4.79 Å². The van der Waals surface area contributed by atoms with Gasteiger partial charge < -0.3 is 16.0 Å². The number of carbonyl (C=O) groups excluding carboxylic acids is 1. The van der Waals surface area contributed by atoms with Gasteiger partial charge >= 0.3 is 0 Å². The molecule has 1 atom stereocenters. The Morgan fingerprint density at radius 3 is 2.41 bits per heavy atom. The summed E-state index contributed by atoms with van der Waals surface area (Å²) in [6, 6.07) is 0.250. The smallest absolute Gasteiger partial charge is 0.221 e. The van der Waals surface area contributed by atoms with Crippen LogP contribution in [0.5, 0.6) is 0 Å². The summed E-state index contributed by atoms with van der Waals surface area (Å²) in [7, 11) is 1.73. The van der Waals surface area contributed by atoms with Gasteiger partial charge in [0.2, 0.25) is 5.91 Å². The van der Waals surface area contributed by atoms with Crippen LogP contribution in [-0.4, -0.2) is 38.0 Å². The molecule has 1 amide bonds. The fourth-order valence-electron chi connectivity index (χ4n) is 1.21. The molecule has 17 heavy (non-hydrogen) atoms. The lowest BCUT2D eigenvalue weighted by molar-refractivity contribution is -0.121. The van der Waals surface area contributed by atoms with Gasteiger partial charge in [-0.05, 0) is 19.8 Å². The van der Waals surface area contributed by atoms with Gasteiger partial charge in [-0.3, -0.25) is 9.79 Å². The first kappa shape index (κ1) is 15.7. The van der Waals surface area contributed by atoms with Crippen LogP contribution in [0.3, 0.4) is 0 Å². The van der Waals surface area contributed by atoms with Crippen molar-refractivity contribution in [2.24, 2.45) is 4.99 Å².